The van der Waals surface area contributed by atoms with Gasteiger partial charge in [0.05, 0.1) is 30.7 Å². The van der Waals surface area contributed by atoms with Gasteiger partial charge in [0.1, 0.15) is 48.0 Å². The predicted octanol–water partition coefficient (Wildman–Crippen LogP) is -5.58. The van der Waals surface area contributed by atoms with E-state index in [1.807, 2.05) is 0 Å². The van der Waals surface area contributed by atoms with Gasteiger partial charge in [0.2, 0.25) is 59.1 Å². The monoisotopic (exact) mass is 1090 g/mol. The number of amides is 10. The third-order valence-electron chi connectivity index (χ3n) is 12.3. The summed E-state index contributed by atoms with van der Waals surface area (Å²) in [5.74, 6) is -11.4. The smallest absolute Gasteiger partial charge is 0.328 e. The van der Waals surface area contributed by atoms with Gasteiger partial charge in [-0.2, -0.15) is 0 Å². The summed E-state index contributed by atoms with van der Waals surface area (Å²) >= 11 is 0. The first-order valence-electron chi connectivity index (χ1n) is 24.9. The maximum absolute atomic E-state index is 14.3. The molecule has 3 rings (SSSR count). The lowest BCUT2D eigenvalue weighted by Gasteiger charge is -2.32. The fourth-order valence-electron chi connectivity index (χ4n) is 8.10. The van der Waals surface area contributed by atoms with Crippen molar-refractivity contribution in [3.05, 3.63) is 48.0 Å². The zero-order valence-electron chi connectivity index (χ0n) is 43.4. The average molecular weight is 1090 g/mol. The summed E-state index contributed by atoms with van der Waals surface area (Å²) in [6, 6.07) is -8.57. The molecule has 29 nitrogen and oxygen atoms in total. The molecule has 1 aromatic carbocycles. The number of benzene rings is 1. The third kappa shape index (κ3) is 20.4. The summed E-state index contributed by atoms with van der Waals surface area (Å²) < 4.78 is 0. The van der Waals surface area contributed by atoms with Crippen LogP contribution in [0.4, 0.5) is 0 Å². The molecule has 0 unspecified atom stereocenters. The van der Waals surface area contributed by atoms with E-state index in [4.69, 9.17) is 17.2 Å². The number of phenols is 1. The normalized spacial score (nSPS) is 17.5. The van der Waals surface area contributed by atoms with Crippen LogP contribution in [0, 0.1) is 5.92 Å². The number of aliphatic carboxylic acids is 1. The number of nitrogens with two attached hydrogens (primary N) is 3. The van der Waals surface area contributed by atoms with E-state index in [0.717, 1.165) is 25.7 Å². The lowest BCUT2D eigenvalue weighted by Crippen LogP contribution is -2.63. The van der Waals surface area contributed by atoms with Crippen molar-refractivity contribution in [3.63, 3.8) is 0 Å². The predicted molar refractivity (Wildman–Crippen MR) is 269 cm³/mol. The molecular weight excluding hydrogens is 1010 g/mol. The Bertz CT molecular complexity index is 2380. The second-order valence-electron chi connectivity index (χ2n) is 19.4. The van der Waals surface area contributed by atoms with E-state index < -0.39 is 144 Å². The second-order valence-corrected chi connectivity index (χ2v) is 19.4. The number of aliphatic hydroxyl groups excluding tert-OH is 3. The van der Waals surface area contributed by atoms with Crippen LogP contribution in [-0.4, -0.2) is 185 Å². The molecule has 2 heterocycles. The Balaban J connectivity index is 1.91. The SMILES string of the molecule is CC(C)C[C@H](NC(=O)[C@@H]1CCCN1C(=O)[C@@H](NC(=O)[C@@H](NC(=O)[C@H](Cc1ccc(O)cc1)NC(=O)[C@H](Cc1cnc[nH]1)NC(=O)[C@H](CCC(N)=O)NC(=O)[C@@H](N)CCC(N)=O)[C@@H](C)O)[C@@H](C)O)C(=O)N[C@H](C(=O)O)[C@@H](C)O. The number of aromatic hydroxyl groups is 1. The van der Waals surface area contributed by atoms with Crippen LogP contribution in [0.5, 0.6) is 5.75 Å². The fraction of sp³-hybridized carbons (Fsp3) is 0.583. The van der Waals surface area contributed by atoms with Crippen molar-refractivity contribution in [3.8, 4) is 5.75 Å². The number of carbonyl (C=O) groups is 11. The molecule has 0 saturated carbocycles. The van der Waals surface area contributed by atoms with Crippen molar-refractivity contribution in [1.82, 2.24) is 52.1 Å². The van der Waals surface area contributed by atoms with Gasteiger partial charge in [-0.15, -0.1) is 0 Å². The topological polar surface area (TPSA) is 483 Å². The number of rotatable bonds is 31. The minimum atomic E-state index is -1.90. The Kier molecular flexibility index (Phi) is 24.8. The number of hydrogen-bond acceptors (Lipinski definition) is 17. The number of aromatic amines is 1. The minimum Gasteiger partial charge on any atom is -0.508 e. The lowest BCUT2D eigenvalue weighted by molar-refractivity contribution is -0.146. The van der Waals surface area contributed by atoms with E-state index in [-0.39, 0.29) is 69.6 Å². The Morgan fingerprint density at radius 2 is 1.16 bits per heavy atom. The molecule has 0 radical (unpaired) electrons. The van der Waals surface area contributed by atoms with Gasteiger partial charge in [-0.25, -0.2) is 9.78 Å². The van der Waals surface area contributed by atoms with Gasteiger partial charge in [0, 0.05) is 44.1 Å². The van der Waals surface area contributed by atoms with Gasteiger partial charge >= 0.3 is 5.97 Å². The van der Waals surface area contributed by atoms with Crippen molar-refractivity contribution >= 4 is 65.0 Å². The molecule has 0 aliphatic carbocycles. The number of hydrogen-bond donors (Lipinski definition) is 16. The summed E-state index contributed by atoms with van der Waals surface area (Å²) in [5, 5.41) is 68.1. The zero-order chi connectivity index (χ0) is 57.8. The standard InChI is InChI=1S/C48H73N13O16/c1-22(2)17-31(43(71)60-39(25(5)64)48(76)77)57-45(73)34-7-6-16-61(34)47(75)38(24(4)63)59-46(74)37(23(3)62)58-44(72)32(18-26-8-10-28(65)11-9-26)55-42(70)33(19-27-20-52-21-53-27)56-41(69)30(13-15-36(51)67)54-40(68)29(49)12-14-35(50)66/h8-11,20-25,29-34,37-39,62-65H,6-7,12-19,49H2,1-5H3,(H2,50,66)(H2,51,67)(H,52,53)(H,54,68)(H,55,70)(H,56,69)(H,57,73)(H,58,72)(H,59,74)(H,60,71)(H,76,77)/t23-,24-,25-,29+,30+,31+,32+,33+,34+,37+,38+,39+/m1/s1. The number of phenolic OH excluding ortho intramolecular Hbond substituents is 1. The first-order chi connectivity index (χ1) is 36.1. The summed E-state index contributed by atoms with van der Waals surface area (Å²) in [5.41, 5.74) is 17.0. The van der Waals surface area contributed by atoms with E-state index in [0.29, 0.717) is 11.3 Å². The first-order valence-corrected chi connectivity index (χ1v) is 24.9. The molecule has 426 valence electrons. The summed E-state index contributed by atoms with van der Waals surface area (Å²) in [6.45, 7) is 6.87. The number of likely N-dealkylation sites (tertiary alicyclic amines) is 1. The molecule has 1 saturated heterocycles. The molecule has 12 atom stereocenters. The highest BCUT2D eigenvalue weighted by Crippen LogP contribution is 2.21. The van der Waals surface area contributed by atoms with Crippen LogP contribution in [0.25, 0.3) is 0 Å². The van der Waals surface area contributed by atoms with Gasteiger partial charge in [-0.1, -0.05) is 26.0 Å². The second kappa shape index (κ2) is 30.1. The Morgan fingerprint density at radius 1 is 0.649 bits per heavy atom. The molecule has 0 spiro atoms. The number of carboxylic acid groups (broad SMARTS) is 1. The highest BCUT2D eigenvalue weighted by Gasteiger charge is 2.42. The quantitative estimate of drug-likeness (QED) is 0.0335. The molecule has 2 aromatic rings. The van der Waals surface area contributed by atoms with Crippen molar-refractivity contribution in [2.24, 2.45) is 23.1 Å². The summed E-state index contributed by atoms with van der Waals surface area (Å²) in [7, 11) is 0. The Labute approximate surface area is 443 Å². The van der Waals surface area contributed by atoms with Crippen LogP contribution in [-0.2, 0) is 65.6 Å². The van der Waals surface area contributed by atoms with E-state index in [1.165, 1.54) is 36.8 Å². The number of imidazole rings is 1. The van der Waals surface area contributed by atoms with Gasteiger partial charge in [0.25, 0.3) is 0 Å². The van der Waals surface area contributed by atoms with Crippen LogP contribution in [0.15, 0.2) is 36.8 Å². The number of aromatic nitrogens is 2. The van der Waals surface area contributed by atoms with Crippen LogP contribution >= 0.6 is 0 Å². The van der Waals surface area contributed by atoms with Crippen LogP contribution < -0.4 is 54.4 Å². The van der Waals surface area contributed by atoms with Gasteiger partial charge in [0.15, 0.2) is 6.04 Å². The van der Waals surface area contributed by atoms with Gasteiger partial charge in [-0.3, -0.25) is 47.9 Å². The highest BCUT2D eigenvalue weighted by atomic mass is 16.4. The number of primary amides is 2. The molecule has 19 N–H and O–H groups in total. The molecule has 1 aromatic heterocycles. The largest absolute Gasteiger partial charge is 0.508 e. The highest BCUT2D eigenvalue weighted by molar-refractivity contribution is 5.99. The lowest BCUT2D eigenvalue weighted by atomic mass is 10.0. The van der Waals surface area contributed by atoms with E-state index >= 15 is 0 Å². The fourth-order valence-corrected chi connectivity index (χ4v) is 8.10. The van der Waals surface area contributed by atoms with E-state index in [9.17, 15) is 78.3 Å². The maximum atomic E-state index is 14.3. The van der Waals surface area contributed by atoms with Crippen molar-refractivity contribution in [2.75, 3.05) is 6.54 Å². The number of carboxylic acids is 1. The summed E-state index contributed by atoms with van der Waals surface area (Å²) in [6.07, 6.45) is -3.74. The Hall–Kier alpha value is -7.76. The average Bonchev–Trinajstić information content (AvgIpc) is 4.07. The van der Waals surface area contributed by atoms with Crippen molar-refractivity contribution in [2.45, 2.75) is 165 Å². The molecule has 1 aliphatic heterocycles. The van der Waals surface area contributed by atoms with Crippen LogP contribution in [0.3, 0.4) is 0 Å². The molecule has 0 bridgehead atoms. The number of aliphatic hydroxyl groups is 3. The van der Waals surface area contributed by atoms with Gasteiger partial charge < -0.3 is 89.8 Å². The minimum absolute atomic E-state index is 0.0324. The number of nitrogens with one attached hydrogen (secondary N) is 8. The van der Waals surface area contributed by atoms with Gasteiger partial charge in [-0.05, 0) is 76.5 Å². The molecule has 29 heteroatoms. The zero-order valence-corrected chi connectivity index (χ0v) is 43.4. The third-order valence-corrected chi connectivity index (χ3v) is 12.3. The molecular formula is C48H73N13O16. The van der Waals surface area contributed by atoms with Crippen LogP contribution in [0.2, 0.25) is 0 Å². The van der Waals surface area contributed by atoms with Crippen LogP contribution in [0.1, 0.15) is 90.8 Å². The molecule has 1 fully saturated rings. The molecule has 1 aliphatic rings. The maximum Gasteiger partial charge on any atom is 0.328 e. The molecule has 77 heavy (non-hydrogen) atoms. The van der Waals surface area contributed by atoms with E-state index in [1.54, 1.807) is 13.8 Å². The Morgan fingerprint density at radius 3 is 1.69 bits per heavy atom. The number of carbonyl (C=O) groups excluding carboxylic acids is 10. The number of nitrogens with zero attached hydrogens (tertiary/aromatic N) is 2. The van der Waals surface area contributed by atoms with Crippen molar-refractivity contribution < 1.29 is 78.3 Å². The number of H-pyrrole nitrogens is 1. The van der Waals surface area contributed by atoms with Crippen molar-refractivity contribution in [1.29, 1.82) is 0 Å². The molecule has 10 amide bonds. The summed E-state index contributed by atoms with van der Waals surface area (Å²) in [4.78, 5) is 153. The first kappa shape index (κ1) is 63.5. The van der Waals surface area contributed by atoms with E-state index in [2.05, 4.69) is 47.2 Å².